The number of carbonyl (C=O) groups excluding carboxylic acids is 1. The monoisotopic (exact) mass is 447 g/mol. The van der Waals surface area contributed by atoms with Gasteiger partial charge in [0.15, 0.2) is 5.82 Å². The third kappa shape index (κ3) is 3.76. The number of amides is 1. The molecule has 2 aromatic carbocycles. The zero-order valence-electron chi connectivity index (χ0n) is 18.8. The van der Waals surface area contributed by atoms with E-state index < -0.39 is 12.0 Å². The molecule has 0 aliphatic carbocycles. The van der Waals surface area contributed by atoms with Gasteiger partial charge in [-0.3, -0.25) is 4.79 Å². The second-order valence-electron chi connectivity index (χ2n) is 9.19. The van der Waals surface area contributed by atoms with E-state index in [0.29, 0.717) is 23.7 Å². The van der Waals surface area contributed by atoms with Crippen LogP contribution in [0.15, 0.2) is 54.9 Å². The van der Waals surface area contributed by atoms with Crippen molar-refractivity contribution in [2.24, 2.45) is 0 Å². The van der Waals surface area contributed by atoms with E-state index in [1.807, 2.05) is 41.3 Å². The van der Waals surface area contributed by atoms with E-state index in [4.69, 9.17) is 4.74 Å². The first-order chi connectivity index (χ1) is 15.7. The molecule has 1 saturated heterocycles. The number of aliphatic hydroxyl groups is 1. The molecule has 0 saturated carbocycles. The number of halogens is 1. The average molecular weight is 448 g/mol. The normalized spacial score (nSPS) is 20.5. The number of ether oxygens (including phenoxy) is 1. The van der Waals surface area contributed by atoms with E-state index in [-0.39, 0.29) is 17.9 Å². The zero-order chi connectivity index (χ0) is 23.3. The Morgan fingerprint density at radius 3 is 2.55 bits per heavy atom. The fraction of sp³-hybridized carbons (Fsp3) is 0.346. The van der Waals surface area contributed by atoms with Gasteiger partial charge in [0, 0.05) is 42.9 Å². The van der Waals surface area contributed by atoms with Gasteiger partial charge in [-0.25, -0.2) is 14.4 Å². The number of alkyl halides is 1. The van der Waals surface area contributed by atoms with Crippen LogP contribution < -0.4 is 4.74 Å². The maximum Gasteiger partial charge on any atom is 0.254 e. The summed E-state index contributed by atoms with van der Waals surface area (Å²) in [5, 5.41) is 10.1. The first-order valence-electron chi connectivity index (χ1n) is 11.1. The highest BCUT2D eigenvalue weighted by Crippen LogP contribution is 2.51. The van der Waals surface area contributed by atoms with Crippen LogP contribution in [0.3, 0.4) is 0 Å². The average Bonchev–Trinajstić information content (AvgIpc) is 3.33. The Kier molecular flexibility index (Phi) is 5.16. The molecule has 1 amide bonds. The zero-order valence-corrected chi connectivity index (χ0v) is 18.8. The smallest absolute Gasteiger partial charge is 0.254 e. The lowest BCUT2D eigenvalue weighted by Gasteiger charge is -2.24. The number of hydrogen-bond donors (Lipinski definition) is 1. The van der Waals surface area contributed by atoms with E-state index in [9.17, 15) is 14.3 Å². The molecule has 33 heavy (non-hydrogen) atoms. The predicted octanol–water partition coefficient (Wildman–Crippen LogP) is 4.75. The van der Waals surface area contributed by atoms with Crippen molar-refractivity contribution >= 4 is 5.91 Å². The molecule has 3 heterocycles. The second kappa shape index (κ2) is 7.92. The van der Waals surface area contributed by atoms with Crippen LogP contribution in [0.1, 0.15) is 66.5 Å². The number of nitrogens with zero attached hydrogens (tertiary/aromatic N) is 3. The number of fused-ring (bicyclic) bond motifs is 3. The Labute approximate surface area is 192 Å². The Bertz CT molecular complexity index is 1200. The van der Waals surface area contributed by atoms with Gasteiger partial charge in [-0.05, 0) is 55.2 Å². The van der Waals surface area contributed by atoms with E-state index in [1.54, 1.807) is 32.3 Å². The maximum atomic E-state index is 13.7. The molecule has 1 aromatic heterocycles. The van der Waals surface area contributed by atoms with E-state index in [1.165, 1.54) is 6.92 Å². The molecule has 170 valence electrons. The molecule has 1 unspecified atom stereocenters. The van der Waals surface area contributed by atoms with Crippen molar-refractivity contribution in [2.75, 3.05) is 6.54 Å². The first kappa shape index (κ1) is 21.5. The number of hydrogen-bond acceptors (Lipinski definition) is 5. The van der Waals surface area contributed by atoms with Gasteiger partial charge in [-0.15, -0.1) is 0 Å². The number of rotatable bonds is 5. The molecular formula is C26H26FN3O3. The largest absolute Gasteiger partial charge is 0.460 e. The molecule has 0 spiro atoms. The van der Waals surface area contributed by atoms with Crippen LogP contribution in [-0.4, -0.2) is 38.8 Å². The van der Waals surface area contributed by atoms with Crippen LogP contribution in [0.2, 0.25) is 0 Å². The predicted molar refractivity (Wildman–Crippen MR) is 121 cm³/mol. The first-order valence-corrected chi connectivity index (χ1v) is 11.1. The molecule has 2 aliphatic heterocycles. The van der Waals surface area contributed by atoms with Gasteiger partial charge in [0.05, 0.1) is 6.04 Å². The van der Waals surface area contributed by atoms with Crippen LogP contribution in [0.4, 0.5) is 4.39 Å². The van der Waals surface area contributed by atoms with Gasteiger partial charge >= 0.3 is 0 Å². The van der Waals surface area contributed by atoms with Crippen molar-refractivity contribution in [3.05, 3.63) is 77.4 Å². The van der Waals surface area contributed by atoms with Crippen molar-refractivity contribution in [3.8, 4) is 16.9 Å². The maximum absolute atomic E-state index is 13.7. The molecule has 0 radical (unpaired) electrons. The highest BCUT2D eigenvalue weighted by molar-refractivity contribution is 6.00. The topological polar surface area (TPSA) is 75.5 Å². The van der Waals surface area contributed by atoms with Crippen LogP contribution in [0.5, 0.6) is 5.75 Å². The number of para-hydroxylation sites is 1. The standard InChI is InChI=1S/C26H26FN3O3/c1-15(27)33-22-7-5-4-6-18(22)19-10-11-30-23(19)21-12-16(8-9-20(21)24(30)31)17-13-28-25(29-14-17)26(2,3)32/h4-9,12-15,19,23,32H,10-11H2,1-3H3/t15?,19-,23+/m0/s1. The summed E-state index contributed by atoms with van der Waals surface area (Å²) < 4.78 is 19.1. The van der Waals surface area contributed by atoms with Gasteiger partial charge in [-0.1, -0.05) is 24.3 Å². The molecule has 2 aliphatic rings. The summed E-state index contributed by atoms with van der Waals surface area (Å²) in [5.41, 5.74) is 3.15. The molecule has 3 atom stereocenters. The van der Waals surface area contributed by atoms with Gasteiger partial charge in [0.25, 0.3) is 5.91 Å². The van der Waals surface area contributed by atoms with Crippen molar-refractivity contribution < 1.29 is 19.0 Å². The van der Waals surface area contributed by atoms with Gasteiger partial charge in [0.2, 0.25) is 6.36 Å². The molecular weight excluding hydrogens is 421 g/mol. The summed E-state index contributed by atoms with van der Waals surface area (Å²) in [5.74, 6) is 0.902. The van der Waals surface area contributed by atoms with E-state index in [2.05, 4.69) is 9.97 Å². The third-order valence-electron chi connectivity index (χ3n) is 6.40. The van der Waals surface area contributed by atoms with Crippen molar-refractivity contribution in [1.29, 1.82) is 0 Å². The lowest BCUT2D eigenvalue weighted by Crippen LogP contribution is -2.23. The lowest BCUT2D eigenvalue weighted by molar-refractivity contribution is 0.0687. The Morgan fingerprint density at radius 1 is 1.12 bits per heavy atom. The molecule has 1 fully saturated rings. The van der Waals surface area contributed by atoms with Gasteiger partial charge in [0.1, 0.15) is 11.4 Å². The minimum Gasteiger partial charge on any atom is -0.460 e. The van der Waals surface area contributed by atoms with E-state index >= 15 is 0 Å². The summed E-state index contributed by atoms with van der Waals surface area (Å²) >= 11 is 0. The van der Waals surface area contributed by atoms with Crippen LogP contribution in [0, 0.1) is 0 Å². The highest BCUT2D eigenvalue weighted by Gasteiger charge is 2.46. The van der Waals surface area contributed by atoms with Crippen molar-refractivity contribution in [1.82, 2.24) is 14.9 Å². The SMILES string of the molecule is CC(F)Oc1ccccc1[C@@H]1CCN2C(=O)c3ccc(-c4cnc(C(C)(C)O)nc4)cc3[C@@H]12. The van der Waals surface area contributed by atoms with Crippen LogP contribution >= 0.6 is 0 Å². The minimum absolute atomic E-state index is 0.00853. The molecule has 3 aromatic rings. The van der Waals surface area contributed by atoms with Gasteiger partial charge < -0.3 is 14.7 Å². The second-order valence-corrected chi connectivity index (χ2v) is 9.19. The van der Waals surface area contributed by atoms with Crippen LogP contribution in [0.25, 0.3) is 11.1 Å². The highest BCUT2D eigenvalue weighted by atomic mass is 19.1. The number of aromatic nitrogens is 2. The summed E-state index contributed by atoms with van der Waals surface area (Å²) in [6.07, 6.45) is 2.74. The summed E-state index contributed by atoms with van der Waals surface area (Å²) in [7, 11) is 0. The van der Waals surface area contributed by atoms with Crippen molar-refractivity contribution in [3.63, 3.8) is 0 Å². The molecule has 0 bridgehead atoms. The molecule has 5 rings (SSSR count). The molecule has 6 nitrogen and oxygen atoms in total. The van der Waals surface area contributed by atoms with Gasteiger partial charge in [-0.2, -0.15) is 0 Å². The summed E-state index contributed by atoms with van der Waals surface area (Å²) in [6.45, 7) is 5.29. The molecule has 1 N–H and O–H groups in total. The van der Waals surface area contributed by atoms with Crippen LogP contribution in [-0.2, 0) is 5.60 Å². The summed E-state index contributed by atoms with van der Waals surface area (Å²) in [6, 6.07) is 13.1. The van der Waals surface area contributed by atoms with Crippen molar-refractivity contribution in [2.45, 2.75) is 51.1 Å². The Hall–Kier alpha value is -3.32. The Balaban J connectivity index is 1.53. The fourth-order valence-electron chi connectivity index (χ4n) is 4.93. The Morgan fingerprint density at radius 2 is 1.85 bits per heavy atom. The quantitative estimate of drug-likeness (QED) is 0.611. The summed E-state index contributed by atoms with van der Waals surface area (Å²) in [4.78, 5) is 23.6. The number of benzene rings is 2. The number of carbonyl (C=O) groups is 1. The fourth-order valence-corrected chi connectivity index (χ4v) is 4.93. The third-order valence-corrected chi connectivity index (χ3v) is 6.40. The molecule has 7 heteroatoms. The minimum atomic E-state index is -1.42. The lowest BCUT2D eigenvalue weighted by atomic mass is 9.86. The van der Waals surface area contributed by atoms with E-state index in [0.717, 1.165) is 28.7 Å².